The molecule has 1 unspecified atom stereocenters. The predicted molar refractivity (Wildman–Crippen MR) is 36.6 cm³/mol. The highest BCUT2D eigenvalue weighted by atomic mass is 16.3. The van der Waals surface area contributed by atoms with Crippen LogP contribution in [0.25, 0.3) is 0 Å². The van der Waals surface area contributed by atoms with Crippen molar-refractivity contribution in [2.75, 3.05) is 20.1 Å². The van der Waals surface area contributed by atoms with E-state index in [0.29, 0.717) is 0 Å². The van der Waals surface area contributed by atoms with Gasteiger partial charge < -0.3 is 10.0 Å². The standard InChI is InChI=1S/C6H12N2O/c1-5(9)6-7-3-4-8(6)2/h5,9H,3-4H2,1-2H3. The van der Waals surface area contributed by atoms with Crippen LogP contribution in [0.4, 0.5) is 0 Å². The first-order chi connectivity index (χ1) is 4.22. The van der Waals surface area contributed by atoms with Crippen molar-refractivity contribution >= 4 is 5.84 Å². The predicted octanol–water partition coefficient (Wildman–Crippen LogP) is -0.289. The summed E-state index contributed by atoms with van der Waals surface area (Å²) < 4.78 is 0. The van der Waals surface area contributed by atoms with Gasteiger partial charge in [-0.25, -0.2) is 0 Å². The van der Waals surface area contributed by atoms with E-state index >= 15 is 0 Å². The topological polar surface area (TPSA) is 35.8 Å². The Kier molecular flexibility index (Phi) is 1.71. The lowest BCUT2D eigenvalue weighted by molar-refractivity contribution is 0.247. The summed E-state index contributed by atoms with van der Waals surface area (Å²) >= 11 is 0. The smallest absolute Gasteiger partial charge is 0.128 e. The van der Waals surface area contributed by atoms with Crippen LogP contribution in [-0.4, -0.2) is 42.1 Å². The summed E-state index contributed by atoms with van der Waals surface area (Å²) in [4.78, 5) is 6.09. The third-order valence-electron chi connectivity index (χ3n) is 1.47. The summed E-state index contributed by atoms with van der Waals surface area (Å²) in [5.74, 6) is 0.815. The minimum atomic E-state index is -0.405. The second-order valence-electron chi connectivity index (χ2n) is 2.34. The van der Waals surface area contributed by atoms with E-state index in [1.807, 2.05) is 11.9 Å². The summed E-state index contributed by atoms with van der Waals surface area (Å²) in [6.07, 6.45) is -0.405. The van der Waals surface area contributed by atoms with E-state index in [4.69, 9.17) is 5.11 Å². The summed E-state index contributed by atoms with van der Waals surface area (Å²) in [6.45, 7) is 3.51. The van der Waals surface area contributed by atoms with Crippen LogP contribution in [0.2, 0.25) is 0 Å². The van der Waals surface area contributed by atoms with Crippen LogP contribution in [0.15, 0.2) is 4.99 Å². The van der Waals surface area contributed by atoms with Crippen molar-refractivity contribution in [1.82, 2.24) is 4.90 Å². The van der Waals surface area contributed by atoms with E-state index in [0.717, 1.165) is 18.9 Å². The highest BCUT2D eigenvalue weighted by Crippen LogP contribution is 2.00. The number of hydrogen-bond donors (Lipinski definition) is 1. The summed E-state index contributed by atoms with van der Waals surface area (Å²) in [5, 5.41) is 9.05. The number of rotatable bonds is 1. The van der Waals surface area contributed by atoms with Gasteiger partial charge in [-0.1, -0.05) is 0 Å². The molecule has 1 N–H and O–H groups in total. The van der Waals surface area contributed by atoms with Gasteiger partial charge in [0.25, 0.3) is 0 Å². The van der Waals surface area contributed by atoms with Gasteiger partial charge in [-0.3, -0.25) is 4.99 Å². The molecule has 0 aliphatic carbocycles. The van der Waals surface area contributed by atoms with Crippen molar-refractivity contribution < 1.29 is 5.11 Å². The molecule has 0 aromatic carbocycles. The highest BCUT2D eigenvalue weighted by molar-refractivity contribution is 5.87. The first-order valence-corrected chi connectivity index (χ1v) is 3.15. The molecule has 1 heterocycles. The molecule has 1 aliphatic heterocycles. The maximum atomic E-state index is 9.05. The fourth-order valence-corrected chi connectivity index (χ4v) is 1.00. The molecule has 3 heteroatoms. The van der Waals surface area contributed by atoms with Crippen LogP contribution in [0.1, 0.15) is 6.92 Å². The fourth-order valence-electron chi connectivity index (χ4n) is 1.00. The molecule has 0 aromatic heterocycles. The van der Waals surface area contributed by atoms with Crippen molar-refractivity contribution in [1.29, 1.82) is 0 Å². The van der Waals surface area contributed by atoms with Gasteiger partial charge in [0.15, 0.2) is 0 Å². The Bertz CT molecular complexity index is 131. The SMILES string of the molecule is CC(O)C1=NCCN1C. The van der Waals surface area contributed by atoms with Gasteiger partial charge in [0.05, 0.1) is 6.54 Å². The lowest BCUT2D eigenvalue weighted by atomic mass is 10.3. The van der Waals surface area contributed by atoms with Gasteiger partial charge in [-0.2, -0.15) is 0 Å². The van der Waals surface area contributed by atoms with Crippen molar-refractivity contribution in [3.63, 3.8) is 0 Å². The van der Waals surface area contributed by atoms with E-state index in [1.54, 1.807) is 6.92 Å². The van der Waals surface area contributed by atoms with Crippen molar-refractivity contribution in [3.05, 3.63) is 0 Å². The Balaban J connectivity index is 2.57. The van der Waals surface area contributed by atoms with Gasteiger partial charge >= 0.3 is 0 Å². The van der Waals surface area contributed by atoms with E-state index in [2.05, 4.69) is 4.99 Å². The van der Waals surface area contributed by atoms with Crippen LogP contribution in [0, 0.1) is 0 Å². The zero-order valence-electron chi connectivity index (χ0n) is 5.83. The summed E-state index contributed by atoms with van der Waals surface area (Å²) in [5.41, 5.74) is 0. The van der Waals surface area contributed by atoms with Crippen LogP contribution < -0.4 is 0 Å². The molecule has 0 saturated heterocycles. The fraction of sp³-hybridized carbons (Fsp3) is 0.833. The Morgan fingerprint density at radius 2 is 2.44 bits per heavy atom. The quantitative estimate of drug-likeness (QED) is 0.527. The molecule has 0 amide bonds. The molecule has 3 nitrogen and oxygen atoms in total. The molecule has 1 aliphatic rings. The number of aliphatic hydroxyl groups is 1. The molecule has 52 valence electrons. The first-order valence-electron chi connectivity index (χ1n) is 3.15. The van der Waals surface area contributed by atoms with Crippen LogP contribution in [0.3, 0.4) is 0 Å². The molecule has 1 rings (SSSR count). The lowest BCUT2D eigenvalue weighted by Crippen LogP contribution is -2.31. The Hall–Kier alpha value is -0.570. The van der Waals surface area contributed by atoms with Crippen LogP contribution in [-0.2, 0) is 0 Å². The molecule has 1 atom stereocenters. The number of hydrogen-bond acceptors (Lipinski definition) is 3. The Labute approximate surface area is 55.0 Å². The zero-order chi connectivity index (χ0) is 6.85. The van der Waals surface area contributed by atoms with Crippen molar-refractivity contribution in [2.24, 2.45) is 4.99 Å². The summed E-state index contributed by atoms with van der Waals surface area (Å²) in [7, 11) is 1.94. The van der Waals surface area contributed by atoms with Crippen molar-refractivity contribution in [2.45, 2.75) is 13.0 Å². The van der Waals surface area contributed by atoms with E-state index in [-0.39, 0.29) is 0 Å². The average Bonchev–Trinajstić information content (AvgIpc) is 2.13. The van der Waals surface area contributed by atoms with Gasteiger partial charge in [0, 0.05) is 13.6 Å². The van der Waals surface area contributed by atoms with E-state index in [1.165, 1.54) is 0 Å². The molecule has 0 saturated carbocycles. The maximum absolute atomic E-state index is 9.05. The normalized spacial score (nSPS) is 22.1. The molecule has 0 bridgehead atoms. The summed E-state index contributed by atoms with van der Waals surface area (Å²) in [6, 6.07) is 0. The van der Waals surface area contributed by atoms with Gasteiger partial charge in [-0.15, -0.1) is 0 Å². The number of aliphatic imine (C=N–C) groups is 1. The minimum Gasteiger partial charge on any atom is -0.385 e. The maximum Gasteiger partial charge on any atom is 0.128 e. The molecular weight excluding hydrogens is 116 g/mol. The number of amidine groups is 1. The number of nitrogens with zero attached hydrogens (tertiary/aromatic N) is 2. The van der Waals surface area contributed by atoms with E-state index < -0.39 is 6.10 Å². The molecule has 0 spiro atoms. The molecule has 0 aromatic rings. The van der Waals surface area contributed by atoms with Gasteiger partial charge in [-0.05, 0) is 6.92 Å². The molecule has 9 heavy (non-hydrogen) atoms. The lowest BCUT2D eigenvalue weighted by Gasteiger charge is -2.14. The monoisotopic (exact) mass is 128 g/mol. The van der Waals surface area contributed by atoms with E-state index in [9.17, 15) is 0 Å². The number of likely N-dealkylation sites (N-methyl/N-ethyl adjacent to an activating group) is 1. The third kappa shape index (κ3) is 1.21. The van der Waals surface area contributed by atoms with Crippen LogP contribution >= 0.6 is 0 Å². The first kappa shape index (κ1) is 6.55. The third-order valence-corrected chi connectivity index (χ3v) is 1.47. The minimum absolute atomic E-state index is 0.405. The molecule has 0 fully saturated rings. The zero-order valence-corrected chi connectivity index (χ0v) is 5.83. The molecular formula is C6H12N2O. The average molecular weight is 128 g/mol. The Morgan fingerprint density at radius 3 is 2.67 bits per heavy atom. The van der Waals surface area contributed by atoms with Crippen LogP contribution in [0.5, 0.6) is 0 Å². The largest absolute Gasteiger partial charge is 0.385 e. The second-order valence-corrected chi connectivity index (χ2v) is 2.34. The van der Waals surface area contributed by atoms with Gasteiger partial charge in [0.2, 0.25) is 0 Å². The second kappa shape index (κ2) is 2.35. The highest BCUT2D eigenvalue weighted by Gasteiger charge is 2.15. The molecule has 0 radical (unpaired) electrons. The Morgan fingerprint density at radius 1 is 1.78 bits per heavy atom. The van der Waals surface area contributed by atoms with Gasteiger partial charge in [0.1, 0.15) is 11.9 Å². The number of aliphatic hydroxyl groups excluding tert-OH is 1. The van der Waals surface area contributed by atoms with Crippen molar-refractivity contribution in [3.8, 4) is 0 Å².